The lowest BCUT2D eigenvalue weighted by molar-refractivity contribution is -0.137. The standard InChI is InChI=1S/C11H15ClN2O3/c1-7(2)14-5-8(12)4-9(14)11(17)13(3)6-10(15)16/h4-5,7H,6H2,1-3H3,(H,15,16). The van der Waals surface area contributed by atoms with Gasteiger partial charge < -0.3 is 14.6 Å². The highest BCUT2D eigenvalue weighted by molar-refractivity contribution is 6.31. The molecule has 0 atom stereocenters. The zero-order valence-electron chi connectivity index (χ0n) is 9.98. The second-order valence-electron chi connectivity index (χ2n) is 4.10. The summed E-state index contributed by atoms with van der Waals surface area (Å²) in [6, 6.07) is 1.63. The number of carboxylic acid groups (broad SMARTS) is 1. The first kappa shape index (κ1) is 13.6. The Morgan fingerprint density at radius 3 is 2.59 bits per heavy atom. The van der Waals surface area contributed by atoms with Crippen LogP contribution in [0.1, 0.15) is 30.4 Å². The number of likely N-dealkylation sites (N-methyl/N-ethyl adjacent to an activating group) is 1. The van der Waals surface area contributed by atoms with Gasteiger partial charge in [-0.15, -0.1) is 0 Å². The number of nitrogens with zero attached hydrogens (tertiary/aromatic N) is 2. The Balaban J connectivity index is 2.99. The Labute approximate surface area is 105 Å². The third-order valence-electron chi connectivity index (χ3n) is 2.31. The van der Waals surface area contributed by atoms with Crippen LogP contribution in [0.3, 0.4) is 0 Å². The molecule has 0 fully saturated rings. The third kappa shape index (κ3) is 3.23. The lowest BCUT2D eigenvalue weighted by Gasteiger charge is -2.17. The minimum atomic E-state index is -1.05. The molecule has 0 radical (unpaired) electrons. The summed E-state index contributed by atoms with van der Waals surface area (Å²) in [5.41, 5.74) is 0.397. The van der Waals surface area contributed by atoms with Crippen molar-refractivity contribution in [3.8, 4) is 0 Å². The molecule has 0 aliphatic carbocycles. The van der Waals surface area contributed by atoms with E-state index in [1.165, 1.54) is 7.05 Å². The van der Waals surface area contributed by atoms with Gasteiger partial charge >= 0.3 is 5.97 Å². The highest BCUT2D eigenvalue weighted by Crippen LogP contribution is 2.19. The summed E-state index contributed by atoms with van der Waals surface area (Å²) < 4.78 is 1.73. The summed E-state index contributed by atoms with van der Waals surface area (Å²) >= 11 is 5.86. The third-order valence-corrected chi connectivity index (χ3v) is 2.52. The number of carbonyl (C=O) groups is 2. The van der Waals surface area contributed by atoms with E-state index in [9.17, 15) is 9.59 Å². The molecule has 0 unspecified atom stereocenters. The van der Waals surface area contributed by atoms with Crippen molar-refractivity contribution in [1.82, 2.24) is 9.47 Å². The molecule has 1 aromatic rings. The summed E-state index contributed by atoms with van der Waals surface area (Å²) in [4.78, 5) is 23.7. The molecule has 1 rings (SSSR count). The van der Waals surface area contributed by atoms with Gasteiger partial charge in [0, 0.05) is 19.3 Å². The molecule has 0 aromatic carbocycles. The lowest BCUT2D eigenvalue weighted by Crippen LogP contribution is -2.33. The van der Waals surface area contributed by atoms with Crippen LogP contribution in [0.25, 0.3) is 0 Å². The van der Waals surface area contributed by atoms with Gasteiger partial charge in [-0.05, 0) is 19.9 Å². The van der Waals surface area contributed by atoms with Crippen LogP contribution in [0.5, 0.6) is 0 Å². The van der Waals surface area contributed by atoms with Crippen LogP contribution in [0, 0.1) is 0 Å². The average Bonchev–Trinajstić information content (AvgIpc) is 2.58. The maximum atomic E-state index is 12.0. The molecule has 1 amide bonds. The molecule has 0 spiro atoms. The van der Waals surface area contributed by atoms with Crippen LogP contribution < -0.4 is 0 Å². The predicted octanol–water partition coefficient (Wildman–Crippen LogP) is 1.88. The molecule has 0 aliphatic heterocycles. The number of hydrogen-bond acceptors (Lipinski definition) is 2. The Bertz CT molecular complexity index is 440. The first-order valence-corrected chi connectivity index (χ1v) is 5.55. The van der Waals surface area contributed by atoms with Crippen molar-refractivity contribution in [3.63, 3.8) is 0 Å². The fraction of sp³-hybridized carbons (Fsp3) is 0.455. The topological polar surface area (TPSA) is 62.5 Å². The molecular formula is C11H15ClN2O3. The van der Waals surface area contributed by atoms with Gasteiger partial charge in [0.25, 0.3) is 5.91 Å². The quantitative estimate of drug-likeness (QED) is 0.897. The SMILES string of the molecule is CC(C)n1cc(Cl)cc1C(=O)N(C)CC(=O)O. The average molecular weight is 259 g/mol. The first-order chi connectivity index (χ1) is 7.82. The fourth-order valence-electron chi connectivity index (χ4n) is 1.51. The minimum Gasteiger partial charge on any atom is -0.480 e. The van der Waals surface area contributed by atoms with E-state index in [1.54, 1.807) is 16.8 Å². The zero-order chi connectivity index (χ0) is 13.2. The number of amides is 1. The molecule has 17 heavy (non-hydrogen) atoms. The molecule has 1 aromatic heterocycles. The summed E-state index contributed by atoms with van der Waals surface area (Å²) in [7, 11) is 1.45. The van der Waals surface area contributed by atoms with E-state index in [2.05, 4.69) is 0 Å². The number of carboxylic acids is 1. The van der Waals surface area contributed by atoms with Crippen LogP contribution >= 0.6 is 11.6 Å². The molecule has 0 saturated carbocycles. The summed E-state index contributed by atoms with van der Waals surface area (Å²) in [6.45, 7) is 3.51. The molecule has 1 heterocycles. The van der Waals surface area contributed by atoms with Crippen molar-refractivity contribution in [2.24, 2.45) is 0 Å². The summed E-state index contributed by atoms with van der Waals surface area (Å²) in [5, 5.41) is 9.10. The molecular weight excluding hydrogens is 244 g/mol. The number of halogens is 1. The molecule has 1 N–H and O–H groups in total. The van der Waals surface area contributed by atoms with E-state index in [0.717, 1.165) is 4.90 Å². The van der Waals surface area contributed by atoms with Gasteiger partial charge in [-0.2, -0.15) is 0 Å². The number of aliphatic carboxylic acids is 1. The van der Waals surface area contributed by atoms with E-state index >= 15 is 0 Å². The Hall–Kier alpha value is -1.49. The number of carbonyl (C=O) groups excluding carboxylic acids is 1. The second kappa shape index (κ2) is 5.23. The van der Waals surface area contributed by atoms with Crippen molar-refractivity contribution >= 4 is 23.5 Å². The summed E-state index contributed by atoms with van der Waals surface area (Å²) in [6.07, 6.45) is 1.66. The predicted molar refractivity (Wildman–Crippen MR) is 64.4 cm³/mol. The van der Waals surface area contributed by atoms with Gasteiger partial charge in [0.15, 0.2) is 0 Å². The Morgan fingerprint density at radius 2 is 2.12 bits per heavy atom. The van der Waals surface area contributed by atoms with Gasteiger partial charge in [0.05, 0.1) is 5.02 Å². The van der Waals surface area contributed by atoms with Gasteiger partial charge in [0.2, 0.25) is 0 Å². The minimum absolute atomic E-state index is 0.0830. The fourth-order valence-corrected chi connectivity index (χ4v) is 1.72. The normalized spacial score (nSPS) is 10.6. The van der Waals surface area contributed by atoms with Crippen LogP contribution in [0.15, 0.2) is 12.3 Å². The summed E-state index contributed by atoms with van der Waals surface area (Å²) in [5.74, 6) is -1.40. The molecule has 0 bridgehead atoms. The maximum Gasteiger partial charge on any atom is 0.323 e. The molecule has 94 valence electrons. The monoisotopic (exact) mass is 258 g/mol. The number of rotatable bonds is 4. The molecule has 6 heteroatoms. The van der Waals surface area contributed by atoms with Crippen molar-refractivity contribution < 1.29 is 14.7 Å². The van der Waals surface area contributed by atoms with E-state index in [1.807, 2.05) is 13.8 Å². The zero-order valence-corrected chi connectivity index (χ0v) is 10.7. The van der Waals surface area contributed by atoms with Gasteiger partial charge in [-0.1, -0.05) is 11.6 Å². The van der Waals surface area contributed by atoms with E-state index < -0.39 is 5.97 Å². The maximum absolute atomic E-state index is 12.0. The molecule has 0 saturated heterocycles. The van der Waals surface area contributed by atoms with Crippen molar-refractivity contribution in [3.05, 3.63) is 23.0 Å². The Kier molecular flexibility index (Phi) is 4.17. The Morgan fingerprint density at radius 1 is 1.53 bits per heavy atom. The lowest BCUT2D eigenvalue weighted by atomic mass is 10.3. The van der Waals surface area contributed by atoms with Crippen molar-refractivity contribution in [2.45, 2.75) is 19.9 Å². The van der Waals surface area contributed by atoms with Gasteiger partial charge in [-0.3, -0.25) is 9.59 Å². The molecule has 0 aliphatic rings. The highest BCUT2D eigenvalue weighted by atomic mass is 35.5. The van der Waals surface area contributed by atoms with E-state index in [4.69, 9.17) is 16.7 Å². The van der Waals surface area contributed by atoms with Crippen LogP contribution in [-0.2, 0) is 4.79 Å². The van der Waals surface area contributed by atoms with Crippen molar-refractivity contribution in [2.75, 3.05) is 13.6 Å². The van der Waals surface area contributed by atoms with Crippen molar-refractivity contribution in [1.29, 1.82) is 0 Å². The molecule has 5 nitrogen and oxygen atoms in total. The van der Waals surface area contributed by atoms with Gasteiger partial charge in [-0.25, -0.2) is 0 Å². The highest BCUT2D eigenvalue weighted by Gasteiger charge is 2.20. The smallest absolute Gasteiger partial charge is 0.323 e. The number of hydrogen-bond donors (Lipinski definition) is 1. The van der Waals surface area contributed by atoms with Crippen LogP contribution in [0.4, 0.5) is 0 Å². The number of aromatic nitrogens is 1. The van der Waals surface area contributed by atoms with Crippen LogP contribution in [0.2, 0.25) is 5.02 Å². The largest absolute Gasteiger partial charge is 0.480 e. The first-order valence-electron chi connectivity index (χ1n) is 5.17. The van der Waals surface area contributed by atoms with Crippen LogP contribution in [-0.4, -0.2) is 40.0 Å². The van der Waals surface area contributed by atoms with E-state index in [0.29, 0.717) is 10.7 Å². The van der Waals surface area contributed by atoms with E-state index in [-0.39, 0.29) is 18.5 Å². The van der Waals surface area contributed by atoms with Gasteiger partial charge in [0.1, 0.15) is 12.2 Å². The second-order valence-corrected chi connectivity index (χ2v) is 4.54.